The van der Waals surface area contributed by atoms with E-state index in [9.17, 15) is 36.7 Å². The lowest BCUT2D eigenvalue weighted by atomic mass is 10.1. The van der Waals surface area contributed by atoms with E-state index in [2.05, 4.69) is 158 Å². The molecule has 0 radical (unpaired) electrons. The Bertz CT molecular complexity index is 6900. The summed E-state index contributed by atoms with van der Waals surface area (Å²) in [5.74, 6) is 1.61. The lowest BCUT2D eigenvalue weighted by Crippen LogP contribution is -2.35. The number of anilines is 4. The summed E-state index contributed by atoms with van der Waals surface area (Å²) in [5.41, 5.74) is 16.6. The fourth-order valence-electron chi connectivity index (χ4n) is 16.0. The van der Waals surface area contributed by atoms with Crippen LogP contribution < -0.4 is 35.5 Å². The highest BCUT2D eigenvalue weighted by Gasteiger charge is 2.33. The van der Waals surface area contributed by atoms with E-state index in [1.807, 2.05) is 48.5 Å². The number of nitrogens with zero attached hydrogens (tertiary/aromatic N) is 13. The third-order valence-corrected chi connectivity index (χ3v) is 23.3. The standard InChI is InChI=1S/C24H24N6O3.C23H20ClF3N6O2.C23H24ClN7O3.C22H21FN6O3/c31-24(17-2-4-21-16(12-17)5-8-33-21)28-20-13-25-29-22(20)23-26-18-3-1-15(11-19(18)27-23)14-30-6-9-32-10-7-30;24-16-3-2-14(23(25,26)27)10-15(16)22(34)31-19-11-28-32-20(19)21-29-17-4-1-13(9-18(17)30-21)12-33-5-7-35-8-6-33;1-13-9-18(24)29-23(33-2)19(13)22(32)28-17-11-25-30-20(17)21-26-15-4-3-14(10-16(15)27-21)12-31-5-7-34-8-6-31;23-15-2-4-16(5-3-15)32-22(30)27-19-12-24-28-20(19)21-25-17-6-1-14(11-18(17)26-21)13-29-7-9-31-10-8-29/h1-4,11-13H,5-10,14H2,(H,25,29)(H,26,27)(H,28,31);1-4,9-11H,5-8,12H2,(H,28,32)(H,29,30)(H,31,34);3-4,9-11H,5-8,12H2,1-2H3,(H,25,30)(H,26,27)(H,28,32);1-6,11-12H,7-10,13H2,(H,24,28)(H,25,26)(H,27,30). The van der Waals surface area contributed by atoms with E-state index in [-0.39, 0.29) is 44.9 Å². The number of methoxy groups -OCH3 is 1. The number of H-pyrrole nitrogens is 8. The first kappa shape index (κ1) is 90.2. The Morgan fingerprint density at radius 2 is 0.843 bits per heavy atom. The zero-order valence-corrected chi connectivity index (χ0v) is 73.7. The predicted molar refractivity (Wildman–Crippen MR) is 492 cm³/mol. The zero-order chi connectivity index (χ0) is 92.4. The number of aromatic amines is 8. The van der Waals surface area contributed by atoms with E-state index in [1.165, 1.54) is 66.7 Å². The van der Waals surface area contributed by atoms with E-state index in [0.717, 1.165) is 211 Å². The van der Waals surface area contributed by atoms with Crippen molar-refractivity contribution in [3.05, 3.63) is 236 Å². The Morgan fingerprint density at radius 1 is 0.448 bits per heavy atom. The maximum Gasteiger partial charge on any atom is 0.417 e. The molecule has 0 spiro atoms. The van der Waals surface area contributed by atoms with E-state index < -0.39 is 29.6 Å². The molecule has 9 aromatic heterocycles. The van der Waals surface area contributed by atoms with Crippen LogP contribution in [0.4, 0.5) is 45.1 Å². The van der Waals surface area contributed by atoms with Crippen LogP contribution in [0.5, 0.6) is 17.4 Å². The van der Waals surface area contributed by atoms with Gasteiger partial charge in [-0.15, -0.1) is 0 Å². The van der Waals surface area contributed by atoms with E-state index in [1.54, 1.807) is 25.3 Å². The number of amides is 4. The first-order valence-corrected chi connectivity index (χ1v) is 43.7. The van der Waals surface area contributed by atoms with Gasteiger partial charge < -0.3 is 69.0 Å². The number of morpholine rings is 4. The third kappa shape index (κ3) is 21.7. The first-order chi connectivity index (χ1) is 65.1. The van der Waals surface area contributed by atoms with Crippen molar-refractivity contribution < 1.29 is 69.9 Å². The van der Waals surface area contributed by atoms with Crippen molar-refractivity contribution in [3.63, 3.8) is 0 Å². The zero-order valence-electron chi connectivity index (χ0n) is 72.2. The molecule has 12 N–H and O–H groups in total. The number of halogens is 6. The molecular formula is C92H89Cl2F4N25O11. The maximum atomic E-state index is 13.1. The van der Waals surface area contributed by atoms with Crippen molar-refractivity contribution >= 4 is 114 Å². The number of carbonyl (C=O) groups is 4. The summed E-state index contributed by atoms with van der Waals surface area (Å²) in [6, 6.07) is 39.4. The van der Waals surface area contributed by atoms with Crippen molar-refractivity contribution in [1.82, 2.24) is 105 Å². The van der Waals surface area contributed by atoms with E-state index >= 15 is 0 Å². The van der Waals surface area contributed by atoms with Crippen LogP contribution in [0, 0.1) is 12.7 Å². The molecule has 0 aliphatic carbocycles. The minimum Gasteiger partial charge on any atom is -0.493 e. The second kappa shape index (κ2) is 40.8. The molecule has 14 heterocycles. The summed E-state index contributed by atoms with van der Waals surface area (Å²) < 4.78 is 89.9. The molecule has 0 atom stereocenters. The molecule has 134 heavy (non-hydrogen) atoms. The summed E-state index contributed by atoms with van der Waals surface area (Å²) >= 11 is 12.0. The fourth-order valence-corrected chi connectivity index (χ4v) is 16.4. The van der Waals surface area contributed by atoms with Crippen molar-refractivity contribution in [2.45, 2.75) is 45.7 Å². The number of aromatic nitrogens is 17. The van der Waals surface area contributed by atoms with Gasteiger partial charge >= 0.3 is 12.3 Å². The Labute approximate surface area is 770 Å². The third-order valence-electron chi connectivity index (χ3n) is 22.8. The largest absolute Gasteiger partial charge is 0.493 e. The molecular weight excluding hydrogens is 1780 g/mol. The number of aryl methyl sites for hydroxylation is 1. The van der Waals surface area contributed by atoms with Crippen LogP contribution in [0.1, 0.15) is 70.0 Å². The smallest absolute Gasteiger partial charge is 0.417 e. The Hall–Kier alpha value is -14.3. The Balaban J connectivity index is 0.000000119. The van der Waals surface area contributed by atoms with Crippen molar-refractivity contribution in [3.8, 4) is 63.5 Å². The topological polar surface area (TPSA) is 436 Å². The van der Waals surface area contributed by atoms with Gasteiger partial charge in [-0.2, -0.15) is 33.6 Å². The molecule has 690 valence electrons. The minimum atomic E-state index is -4.60. The van der Waals surface area contributed by atoms with Crippen LogP contribution in [-0.4, -0.2) is 248 Å². The SMILES string of the molecule is COc1nc(Cl)cc(C)c1C(=O)Nc1cn[nH]c1-c1nc2ccc(CN3CCOCC3)cc2[nH]1.O=C(Nc1cn[nH]c1-c1nc2ccc(CN3CCOCC3)cc2[nH]1)Oc1ccc(F)cc1.O=C(Nc1cn[nH]c1-c1nc2ccc(CN3CCOCC3)cc2[nH]1)c1cc(C(F)(F)F)ccc1Cl.O=C(Nc1cn[nH]c1-c1nc2ccc(CN3CCOCC3)cc2[nH]1)c1ccc2c(c1)CCO2. The summed E-state index contributed by atoms with van der Waals surface area (Å²) in [7, 11) is 1.44. The summed E-state index contributed by atoms with van der Waals surface area (Å²) in [5, 5.41) is 38.9. The van der Waals surface area contributed by atoms with Gasteiger partial charge in [-0.1, -0.05) is 47.5 Å². The van der Waals surface area contributed by atoms with Crippen molar-refractivity contribution in [1.29, 1.82) is 0 Å². The van der Waals surface area contributed by atoms with Gasteiger partial charge in [0, 0.05) is 90.5 Å². The van der Waals surface area contributed by atoms with Crippen molar-refractivity contribution in [2.24, 2.45) is 0 Å². The average Bonchev–Trinajstić information content (AvgIpc) is 1.82. The fraction of sp³-hybridized carbons (Fsp3) is 0.272. The molecule has 5 aliphatic rings. The number of pyridine rings is 1. The van der Waals surface area contributed by atoms with Crippen LogP contribution >= 0.6 is 23.2 Å². The quantitative estimate of drug-likeness (QED) is 0.0235. The summed E-state index contributed by atoms with van der Waals surface area (Å²) in [4.78, 5) is 96.2. The maximum absolute atomic E-state index is 13.1. The number of alkyl halides is 3. The number of hydrogen-bond acceptors (Lipinski definition) is 24. The van der Waals surface area contributed by atoms with Crippen LogP contribution in [0.3, 0.4) is 0 Å². The number of imidazole rings is 4. The molecule has 4 amide bonds. The van der Waals surface area contributed by atoms with E-state index in [4.69, 9.17) is 61.3 Å². The number of ether oxygens (including phenoxy) is 7. The van der Waals surface area contributed by atoms with Crippen LogP contribution in [0.25, 0.3) is 90.2 Å². The van der Waals surface area contributed by atoms with Crippen LogP contribution in [0.2, 0.25) is 10.2 Å². The molecule has 36 nitrogen and oxygen atoms in total. The Morgan fingerprint density at radius 3 is 1.25 bits per heavy atom. The number of nitrogens with one attached hydrogen (secondary N) is 12. The lowest BCUT2D eigenvalue weighted by Gasteiger charge is -2.26. The normalized spacial score (nSPS) is 15.0. The molecule has 7 aromatic carbocycles. The van der Waals surface area contributed by atoms with Crippen LogP contribution in [0.15, 0.2) is 164 Å². The highest BCUT2D eigenvalue weighted by atomic mass is 35.5. The van der Waals surface area contributed by atoms with Gasteiger partial charge in [0.2, 0.25) is 5.88 Å². The van der Waals surface area contributed by atoms with Gasteiger partial charge in [0.1, 0.15) is 50.8 Å². The lowest BCUT2D eigenvalue weighted by molar-refractivity contribution is -0.137. The van der Waals surface area contributed by atoms with Gasteiger partial charge in [0.15, 0.2) is 23.3 Å². The number of carbonyl (C=O) groups excluding carboxylic acids is 4. The average molecular weight is 1870 g/mol. The second-order valence-electron chi connectivity index (χ2n) is 32.0. The highest BCUT2D eigenvalue weighted by Crippen LogP contribution is 2.37. The number of benzene rings is 7. The minimum absolute atomic E-state index is 0.0999. The monoisotopic (exact) mass is 1870 g/mol. The molecule has 16 aromatic rings. The molecule has 5 aliphatic heterocycles. The van der Waals surface area contributed by atoms with Gasteiger partial charge in [-0.3, -0.25) is 59.7 Å². The first-order valence-electron chi connectivity index (χ1n) is 43.0. The summed E-state index contributed by atoms with van der Waals surface area (Å²) in [6.45, 7) is 19.2. The van der Waals surface area contributed by atoms with Gasteiger partial charge in [-0.25, -0.2) is 34.1 Å². The van der Waals surface area contributed by atoms with Crippen molar-refractivity contribution in [2.75, 3.05) is 140 Å². The molecule has 0 bridgehead atoms. The molecule has 0 saturated carbocycles. The molecule has 42 heteroatoms. The van der Waals surface area contributed by atoms with Crippen LogP contribution in [-0.2, 0) is 57.7 Å². The molecule has 4 saturated heterocycles. The number of rotatable bonds is 21. The van der Waals surface area contributed by atoms with Gasteiger partial charge in [0.25, 0.3) is 17.7 Å². The second-order valence-corrected chi connectivity index (χ2v) is 32.8. The van der Waals surface area contributed by atoms with E-state index in [0.29, 0.717) is 92.5 Å². The van der Waals surface area contributed by atoms with Gasteiger partial charge in [0.05, 0.1) is 174 Å². The van der Waals surface area contributed by atoms with Gasteiger partial charge in [-0.05, 0) is 156 Å². The molecule has 21 rings (SSSR count). The predicted octanol–water partition coefficient (Wildman–Crippen LogP) is 14.6. The number of hydrogen-bond donors (Lipinski definition) is 12. The molecule has 4 fully saturated rings. The molecule has 0 unspecified atom stereocenters. The Kier molecular flexibility index (Phi) is 27.5. The highest BCUT2D eigenvalue weighted by molar-refractivity contribution is 6.34. The summed E-state index contributed by atoms with van der Waals surface area (Å²) in [6.07, 6.45) is 1.46. The number of fused-ring (bicyclic) bond motifs is 5.